The Labute approximate surface area is 88.7 Å². The number of rotatable bonds is 4. The number of nitrogens with zero attached hydrogens (tertiary/aromatic N) is 1. The zero-order chi connectivity index (χ0) is 10.7. The first kappa shape index (κ1) is 9.98. The lowest BCUT2D eigenvalue weighted by molar-refractivity contribution is 0.579. The molecule has 0 bridgehead atoms. The fraction of sp³-hybridized carbons (Fsp3) is 0.364. The largest absolute Gasteiger partial charge is 0.463 e. The van der Waals surface area contributed by atoms with Gasteiger partial charge in [0.2, 0.25) is 0 Å². The molecule has 0 atom stereocenters. The fourth-order valence-corrected chi connectivity index (χ4v) is 1.32. The Morgan fingerprint density at radius 2 is 2.40 bits per heavy atom. The normalized spacial score (nSPS) is 11.1. The Hall–Kier alpha value is -1.55. The zero-order valence-electron chi connectivity index (χ0n) is 8.95. The Bertz CT molecular complexity index is 403. The molecular weight excluding hydrogens is 190 g/mol. The van der Waals surface area contributed by atoms with Gasteiger partial charge in [-0.1, -0.05) is 13.8 Å². The second-order valence-corrected chi connectivity index (χ2v) is 3.79. The predicted molar refractivity (Wildman–Crippen MR) is 58.3 cm³/mol. The number of hydrogen-bond acceptors (Lipinski definition) is 3. The molecule has 4 nitrogen and oxygen atoms in total. The molecule has 2 heterocycles. The number of hydrogen-bond donors (Lipinski definition) is 2. The van der Waals surface area contributed by atoms with Gasteiger partial charge in [-0.15, -0.1) is 0 Å². The highest BCUT2D eigenvalue weighted by Gasteiger charge is 2.05. The second-order valence-electron chi connectivity index (χ2n) is 3.79. The predicted octanol–water partition coefficient (Wildman–Crippen LogP) is 2.17. The van der Waals surface area contributed by atoms with Crippen LogP contribution >= 0.6 is 0 Å². The van der Waals surface area contributed by atoms with Crippen LogP contribution in [0.5, 0.6) is 0 Å². The third kappa shape index (κ3) is 2.47. The molecule has 0 fully saturated rings. The van der Waals surface area contributed by atoms with Gasteiger partial charge >= 0.3 is 0 Å². The summed E-state index contributed by atoms with van der Waals surface area (Å²) in [5.74, 6) is 0.794. The van der Waals surface area contributed by atoms with Gasteiger partial charge in [0.15, 0.2) is 5.76 Å². The van der Waals surface area contributed by atoms with Crippen molar-refractivity contribution < 1.29 is 4.42 Å². The highest BCUT2D eigenvalue weighted by Crippen LogP contribution is 2.17. The maximum Gasteiger partial charge on any atom is 0.154 e. The van der Waals surface area contributed by atoms with Crippen molar-refractivity contribution in [3.05, 3.63) is 30.2 Å². The molecule has 0 unspecified atom stereocenters. The van der Waals surface area contributed by atoms with E-state index >= 15 is 0 Å². The molecule has 0 aliphatic carbocycles. The first-order chi connectivity index (χ1) is 7.25. The van der Waals surface area contributed by atoms with Crippen LogP contribution in [0.25, 0.3) is 11.5 Å². The summed E-state index contributed by atoms with van der Waals surface area (Å²) in [7, 11) is 0. The van der Waals surface area contributed by atoms with Gasteiger partial charge in [-0.2, -0.15) is 5.10 Å². The zero-order valence-corrected chi connectivity index (χ0v) is 8.95. The van der Waals surface area contributed by atoms with E-state index in [-0.39, 0.29) is 0 Å². The Balaban J connectivity index is 2.04. The Morgan fingerprint density at radius 1 is 1.53 bits per heavy atom. The molecule has 2 rings (SSSR count). The molecule has 0 saturated carbocycles. The quantitative estimate of drug-likeness (QED) is 0.804. The van der Waals surface area contributed by atoms with E-state index < -0.39 is 0 Å². The molecule has 2 N–H and O–H groups in total. The number of H-pyrrole nitrogens is 1. The Morgan fingerprint density at radius 3 is 3.07 bits per heavy atom. The summed E-state index contributed by atoms with van der Waals surface area (Å²) in [6.45, 7) is 5.03. The highest BCUT2D eigenvalue weighted by molar-refractivity contribution is 5.51. The topological polar surface area (TPSA) is 53.9 Å². The van der Waals surface area contributed by atoms with E-state index in [9.17, 15) is 0 Å². The van der Waals surface area contributed by atoms with E-state index in [0.29, 0.717) is 6.04 Å². The lowest BCUT2D eigenvalue weighted by atomic mass is 10.3. The summed E-state index contributed by atoms with van der Waals surface area (Å²) in [5, 5.41) is 10.5. The van der Waals surface area contributed by atoms with Crippen LogP contribution in [0.3, 0.4) is 0 Å². The van der Waals surface area contributed by atoms with Crippen molar-refractivity contribution in [2.75, 3.05) is 0 Å². The lowest BCUT2D eigenvalue weighted by Gasteiger charge is -2.04. The van der Waals surface area contributed by atoms with Crippen molar-refractivity contribution >= 4 is 0 Å². The molecular formula is C11H15N3O. The van der Waals surface area contributed by atoms with Gasteiger partial charge in [-0.3, -0.25) is 5.10 Å². The summed E-state index contributed by atoms with van der Waals surface area (Å²) in [6, 6.07) is 6.22. The Kier molecular flexibility index (Phi) is 2.87. The molecule has 0 saturated heterocycles. The summed E-state index contributed by atoms with van der Waals surface area (Å²) in [5.41, 5.74) is 1.91. The van der Waals surface area contributed by atoms with Crippen LogP contribution in [-0.4, -0.2) is 16.2 Å². The van der Waals surface area contributed by atoms with Gasteiger partial charge < -0.3 is 9.73 Å². The standard InChI is InChI=1S/C11H15N3O/c1-8(2)12-7-9-6-10(14-13-9)11-4-3-5-15-11/h3-6,8,12H,7H2,1-2H3,(H,13,14). The number of aromatic nitrogens is 2. The van der Waals surface area contributed by atoms with Crippen LogP contribution in [0.1, 0.15) is 19.5 Å². The van der Waals surface area contributed by atoms with Crippen LogP contribution in [-0.2, 0) is 6.54 Å². The third-order valence-corrected chi connectivity index (χ3v) is 2.11. The van der Waals surface area contributed by atoms with E-state index in [1.807, 2.05) is 18.2 Å². The maximum absolute atomic E-state index is 5.26. The average molecular weight is 205 g/mol. The van der Waals surface area contributed by atoms with Crippen molar-refractivity contribution in [3.63, 3.8) is 0 Å². The molecule has 0 aliphatic heterocycles. The summed E-state index contributed by atoms with van der Waals surface area (Å²) in [4.78, 5) is 0. The molecule has 2 aromatic rings. The third-order valence-electron chi connectivity index (χ3n) is 2.11. The SMILES string of the molecule is CC(C)NCc1cc(-c2ccco2)n[nH]1. The fourth-order valence-electron chi connectivity index (χ4n) is 1.32. The molecule has 0 aliphatic rings. The van der Waals surface area contributed by atoms with Crippen molar-refractivity contribution in [1.29, 1.82) is 0 Å². The molecule has 0 radical (unpaired) electrons. The van der Waals surface area contributed by atoms with Gasteiger partial charge in [0.1, 0.15) is 5.69 Å². The molecule has 0 amide bonds. The monoisotopic (exact) mass is 205 g/mol. The van der Waals surface area contributed by atoms with Gasteiger partial charge in [0.05, 0.1) is 6.26 Å². The van der Waals surface area contributed by atoms with Gasteiger partial charge in [-0.05, 0) is 18.2 Å². The number of nitrogens with one attached hydrogen (secondary N) is 2. The minimum absolute atomic E-state index is 0.473. The van der Waals surface area contributed by atoms with Gasteiger partial charge in [-0.25, -0.2) is 0 Å². The molecule has 0 aromatic carbocycles. The van der Waals surface area contributed by atoms with Crippen LogP contribution in [0.4, 0.5) is 0 Å². The van der Waals surface area contributed by atoms with E-state index in [2.05, 4.69) is 29.4 Å². The van der Waals surface area contributed by atoms with Crippen molar-refractivity contribution in [3.8, 4) is 11.5 Å². The minimum Gasteiger partial charge on any atom is -0.463 e. The number of aromatic amines is 1. The molecule has 0 spiro atoms. The maximum atomic E-state index is 5.26. The molecule has 15 heavy (non-hydrogen) atoms. The smallest absolute Gasteiger partial charge is 0.154 e. The van der Waals surface area contributed by atoms with Gasteiger partial charge in [0.25, 0.3) is 0 Å². The minimum atomic E-state index is 0.473. The summed E-state index contributed by atoms with van der Waals surface area (Å²) < 4.78 is 5.26. The van der Waals surface area contributed by atoms with Crippen molar-refractivity contribution in [2.45, 2.75) is 26.4 Å². The van der Waals surface area contributed by atoms with Crippen LogP contribution in [0, 0.1) is 0 Å². The van der Waals surface area contributed by atoms with Crippen LogP contribution in [0.2, 0.25) is 0 Å². The second kappa shape index (κ2) is 4.31. The molecule has 2 aromatic heterocycles. The first-order valence-electron chi connectivity index (χ1n) is 5.07. The molecule has 4 heteroatoms. The van der Waals surface area contributed by atoms with Gasteiger partial charge in [0, 0.05) is 18.3 Å². The lowest BCUT2D eigenvalue weighted by Crippen LogP contribution is -2.21. The van der Waals surface area contributed by atoms with Crippen molar-refractivity contribution in [2.24, 2.45) is 0 Å². The van der Waals surface area contributed by atoms with Crippen LogP contribution < -0.4 is 5.32 Å². The van der Waals surface area contributed by atoms with E-state index in [1.165, 1.54) is 0 Å². The number of furan rings is 1. The van der Waals surface area contributed by atoms with Crippen LogP contribution in [0.15, 0.2) is 28.9 Å². The molecule has 80 valence electrons. The van der Waals surface area contributed by atoms with E-state index in [4.69, 9.17) is 4.42 Å². The summed E-state index contributed by atoms with van der Waals surface area (Å²) >= 11 is 0. The first-order valence-corrected chi connectivity index (χ1v) is 5.07. The highest BCUT2D eigenvalue weighted by atomic mass is 16.3. The van der Waals surface area contributed by atoms with E-state index in [1.54, 1.807) is 6.26 Å². The summed E-state index contributed by atoms with van der Waals surface area (Å²) in [6.07, 6.45) is 1.65. The van der Waals surface area contributed by atoms with E-state index in [0.717, 1.165) is 23.7 Å². The average Bonchev–Trinajstić information content (AvgIpc) is 2.85. The van der Waals surface area contributed by atoms with Crippen molar-refractivity contribution in [1.82, 2.24) is 15.5 Å².